The first-order valence-electron chi connectivity index (χ1n) is 7.57. The summed E-state index contributed by atoms with van der Waals surface area (Å²) in [5, 5.41) is 21.0. The van der Waals surface area contributed by atoms with Gasteiger partial charge in [-0.2, -0.15) is 0 Å². The van der Waals surface area contributed by atoms with Crippen molar-refractivity contribution >= 4 is 16.6 Å². The molecule has 1 unspecified atom stereocenters. The van der Waals surface area contributed by atoms with Crippen molar-refractivity contribution in [1.29, 1.82) is 0 Å². The summed E-state index contributed by atoms with van der Waals surface area (Å²) < 4.78 is 5.32. The minimum atomic E-state index is -0.193. The summed E-state index contributed by atoms with van der Waals surface area (Å²) in [7, 11) is 0. The Kier molecular flexibility index (Phi) is 5.40. The van der Waals surface area contributed by atoms with Crippen LogP contribution in [0, 0.1) is 5.92 Å². The smallest absolute Gasteiger partial charge is 0.165 e. The van der Waals surface area contributed by atoms with Gasteiger partial charge in [-0.1, -0.05) is 43.3 Å². The molecule has 4 heteroatoms. The van der Waals surface area contributed by atoms with E-state index in [-0.39, 0.29) is 29.8 Å². The molecule has 0 fully saturated rings. The molecule has 0 radical (unpaired) electrons. The molecule has 2 N–H and O–H groups in total. The van der Waals surface area contributed by atoms with E-state index in [1.54, 1.807) is 12.1 Å². The molecule has 4 nitrogen and oxygen atoms in total. The van der Waals surface area contributed by atoms with Gasteiger partial charge in [0, 0.05) is 11.3 Å². The fraction of sp³-hybridized carbons (Fsp3) is 0.316. The van der Waals surface area contributed by atoms with Crippen molar-refractivity contribution in [3.63, 3.8) is 0 Å². The molecule has 2 rings (SSSR count). The molecule has 2 aromatic rings. The second-order valence-electron chi connectivity index (χ2n) is 5.97. The van der Waals surface area contributed by atoms with Gasteiger partial charge in [-0.05, 0) is 30.4 Å². The van der Waals surface area contributed by atoms with Crippen molar-refractivity contribution < 1.29 is 19.7 Å². The number of carbonyl (C=O) groups is 1. The Hall–Kier alpha value is -2.33. The number of Topliss-reactive ketones (excluding diaryl/α,β-unsaturated/α-hetero) is 1. The normalized spacial score (nSPS) is 12.3. The highest BCUT2D eigenvalue weighted by Gasteiger charge is 2.16. The highest BCUT2D eigenvalue weighted by Crippen LogP contribution is 2.35. The maximum absolute atomic E-state index is 12.1. The summed E-state index contributed by atoms with van der Waals surface area (Å²) in [6, 6.07) is 8.71. The van der Waals surface area contributed by atoms with Gasteiger partial charge in [0.25, 0.3) is 0 Å². The van der Waals surface area contributed by atoms with Gasteiger partial charge in [-0.3, -0.25) is 4.79 Å². The second kappa shape index (κ2) is 7.29. The second-order valence-corrected chi connectivity index (χ2v) is 5.97. The largest absolute Gasteiger partial charge is 0.504 e. The van der Waals surface area contributed by atoms with Crippen molar-refractivity contribution in [3.05, 3.63) is 48.0 Å². The maximum atomic E-state index is 12.1. The topological polar surface area (TPSA) is 66.8 Å². The Balaban J connectivity index is 2.13. The van der Waals surface area contributed by atoms with Crippen LogP contribution in [0.15, 0.2) is 42.5 Å². The first kappa shape index (κ1) is 17.0. The lowest BCUT2D eigenvalue weighted by molar-refractivity contribution is -0.126. The number of benzene rings is 2. The highest BCUT2D eigenvalue weighted by molar-refractivity contribution is 5.93. The van der Waals surface area contributed by atoms with Gasteiger partial charge in [0.2, 0.25) is 0 Å². The number of ketones is 1. The number of rotatable bonds is 7. The zero-order valence-corrected chi connectivity index (χ0v) is 13.5. The number of hydrogen-bond donors (Lipinski definition) is 2. The lowest BCUT2D eigenvalue weighted by Crippen LogP contribution is -2.20. The molecule has 0 aromatic heterocycles. The van der Waals surface area contributed by atoms with Crippen LogP contribution in [0.4, 0.5) is 0 Å². The molecule has 0 aliphatic rings. The zero-order valence-electron chi connectivity index (χ0n) is 13.5. The number of fused-ring (bicyclic) bond motifs is 1. The summed E-state index contributed by atoms with van der Waals surface area (Å²) in [6.07, 6.45) is 0.552. The SMILES string of the molecule is C=C(C)COCC(=O)C(C)Cc1cccc2c(O)c(O)ccc12. The predicted octanol–water partition coefficient (Wildman–Crippen LogP) is 3.59. The lowest BCUT2D eigenvalue weighted by atomic mass is 9.93. The van der Waals surface area contributed by atoms with Gasteiger partial charge >= 0.3 is 0 Å². The van der Waals surface area contributed by atoms with Crippen LogP contribution in [0.1, 0.15) is 19.4 Å². The van der Waals surface area contributed by atoms with Crippen LogP contribution < -0.4 is 0 Å². The van der Waals surface area contributed by atoms with E-state index >= 15 is 0 Å². The number of aromatic hydroxyl groups is 2. The van der Waals surface area contributed by atoms with Gasteiger partial charge in [0.1, 0.15) is 6.61 Å². The standard InChI is InChI=1S/C19H22O4/c1-12(2)10-23-11-18(21)13(3)9-14-5-4-6-16-15(14)7-8-17(20)19(16)22/h4-8,13,20,22H,1,9-11H2,2-3H3. The van der Waals surface area contributed by atoms with Crippen molar-refractivity contribution in [2.75, 3.05) is 13.2 Å². The maximum Gasteiger partial charge on any atom is 0.165 e. The van der Waals surface area contributed by atoms with E-state index in [4.69, 9.17) is 4.74 Å². The summed E-state index contributed by atoms with van der Waals surface area (Å²) >= 11 is 0. The van der Waals surface area contributed by atoms with E-state index in [1.807, 2.05) is 26.0 Å². The van der Waals surface area contributed by atoms with E-state index < -0.39 is 0 Å². The third-order valence-electron chi connectivity index (χ3n) is 3.77. The lowest BCUT2D eigenvalue weighted by Gasteiger charge is -2.14. The van der Waals surface area contributed by atoms with Crippen LogP contribution in [0.3, 0.4) is 0 Å². The minimum absolute atomic E-state index is 0.0336. The van der Waals surface area contributed by atoms with E-state index in [1.165, 1.54) is 6.07 Å². The molecule has 0 saturated heterocycles. The van der Waals surface area contributed by atoms with Crippen LogP contribution in [0.5, 0.6) is 11.5 Å². The molecule has 23 heavy (non-hydrogen) atoms. The minimum Gasteiger partial charge on any atom is -0.504 e. The molecular formula is C19H22O4. The van der Waals surface area contributed by atoms with Gasteiger partial charge in [-0.15, -0.1) is 0 Å². The molecule has 0 saturated carbocycles. The summed E-state index contributed by atoms with van der Waals surface area (Å²) in [6.45, 7) is 7.92. The van der Waals surface area contributed by atoms with E-state index in [0.29, 0.717) is 18.4 Å². The van der Waals surface area contributed by atoms with Crippen LogP contribution in [0.2, 0.25) is 0 Å². The Bertz CT molecular complexity index is 733. The van der Waals surface area contributed by atoms with Gasteiger partial charge in [-0.25, -0.2) is 0 Å². The number of phenolic OH excluding ortho intramolecular Hbond substituents is 2. The van der Waals surface area contributed by atoms with Gasteiger partial charge in [0.15, 0.2) is 17.3 Å². The molecule has 0 aliphatic heterocycles. The number of phenols is 2. The Morgan fingerprint density at radius 1 is 1.17 bits per heavy atom. The van der Waals surface area contributed by atoms with Crippen molar-refractivity contribution in [2.24, 2.45) is 5.92 Å². The van der Waals surface area contributed by atoms with E-state index in [0.717, 1.165) is 16.5 Å². The summed E-state index contributed by atoms with van der Waals surface area (Å²) in [5.41, 5.74) is 1.84. The predicted molar refractivity (Wildman–Crippen MR) is 90.8 cm³/mol. The van der Waals surface area contributed by atoms with Crippen molar-refractivity contribution in [1.82, 2.24) is 0 Å². The molecule has 122 valence electrons. The van der Waals surface area contributed by atoms with Crippen molar-refractivity contribution in [3.8, 4) is 11.5 Å². The molecule has 0 heterocycles. The van der Waals surface area contributed by atoms with Gasteiger partial charge in [0.05, 0.1) is 6.61 Å². The number of carbonyl (C=O) groups excluding carboxylic acids is 1. The van der Waals surface area contributed by atoms with E-state index in [2.05, 4.69) is 6.58 Å². The number of hydrogen-bond acceptors (Lipinski definition) is 4. The van der Waals surface area contributed by atoms with Crippen LogP contribution >= 0.6 is 0 Å². The third-order valence-corrected chi connectivity index (χ3v) is 3.77. The summed E-state index contributed by atoms with van der Waals surface area (Å²) in [5.74, 6) is -0.437. The fourth-order valence-corrected chi connectivity index (χ4v) is 2.49. The van der Waals surface area contributed by atoms with Gasteiger partial charge < -0.3 is 14.9 Å². The van der Waals surface area contributed by atoms with Crippen LogP contribution in [0.25, 0.3) is 10.8 Å². The van der Waals surface area contributed by atoms with Crippen LogP contribution in [-0.4, -0.2) is 29.2 Å². The Morgan fingerprint density at radius 3 is 2.61 bits per heavy atom. The number of ether oxygens (including phenoxy) is 1. The molecule has 0 amide bonds. The molecule has 0 spiro atoms. The molecule has 0 aliphatic carbocycles. The molecule has 1 atom stereocenters. The first-order chi connectivity index (χ1) is 10.9. The first-order valence-corrected chi connectivity index (χ1v) is 7.57. The average Bonchev–Trinajstić information content (AvgIpc) is 2.51. The van der Waals surface area contributed by atoms with E-state index in [9.17, 15) is 15.0 Å². The fourth-order valence-electron chi connectivity index (χ4n) is 2.49. The quantitative estimate of drug-likeness (QED) is 0.605. The highest BCUT2D eigenvalue weighted by atomic mass is 16.5. The average molecular weight is 314 g/mol. The molecule has 2 aromatic carbocycles. The third kappa shape index (κ3) is 4.11. The van der Waals surface area contributed by atoms with Crippen molar-refractivity contribution in [2.45, 2.75) is 20.3 Å². The summed E-state index contributed by atoms with van der Waals surface area (Å²) in [4.78, 5) is 12.1. The van der Waals surface area contributed by atoms with Crippen LogP contribution in [-0.2, 0) is 16.0 Å². The molecule has 0 bridgehead atoms. The monoisotopic (exact) mass is 314 g/mol. The Labute approximate surface area is 136 Å². The zero-order chi connectivity index (χ0) is 17.0. The Morgan fingerprint density at radius 2 is 1.91 bits per heavy atom. The molecular weight excluding hydrogens is 292 g/mol.